The number of likely N-dealkylation sites (tertiary alicyclic amines) is 1. The largest absolute Gasteiger partial charge is 0.444 e. The van der Waals surface area contributed by atoms with Crippen LogP contribution in [-0.2, 0) is 4.74 Å². The Morgan fingerprint density at radius 1 is 1.58 bits per heavy atom. The van der Waals surface area contributed by atoms with Crippen molar-refractivity contribution in [2.45, 2.75) is 25.9 Å². The summed E-state index contributed by atoms with van der Waals surface area (Å²) in [6.45, 7) is 3.14. The molecule has 0 aromatic rings. The SMILES string of the molecule is CC(CO)OC(=O)N1CCCC1. The fourth-order valence-corrected chi connectivity index (χ4v) is 1.18. The summed E-state index contributed by atoms with van der Waals surface area (Å²) < 4.78 is 4.92. The first-order valence-electron chi connectivity index (χ1n) is 4.30. The lowest BCUT2D eigenvalue weighted by Gasteiger charge is -2.17. The predicted molar refractivity (Wildman–Crippen MR) is 43.8 cm³/mol. The molecule has 1 saturated heterocycles. The quantitative estimate of drug-likeness (QED) is 0.665. The van der Waals surface area contributed by atoms with E-state index in [9.17, 15) is 4.79 Å². The molecular weight excluding hydrogens is 158 g/mol. The predicted octanol–water partition coefficient (Wildman–Crippen LogP) is 0.600. The van der Waals surface area contributed by atoms with Crippen LogP contribution in [0.15, 0.2) is 0 Å². The molecule has 0 bridgehead atoms. The molecular formula is C8H15NO3. The second-order valence-electron chi connectivity index (χ2n) is 3.07. The molecule has 1 fully saturated rings. The van der Waals surface area contributed by atoms with Crippen molar-refractivity contribution in [1.29, 1.82) is 0 Å². The molecule has 70 valence electrons. The molecule has 0 aliphatic carbocycles. The Hall–Kier alpha value is -0.770. The highest BCUT2D eigenvalue weighted by molar-refractivity contribution is 5.68. The van der Waals surface area contributed by atoms with Gasteiger partial charge in [-0.25, -0.2) is 4.79 Å². The van der Waals surface area contributed by atoms with Gasteiger partial charge in [-0.3, -0.25) is 0 Å². The monoisotopic (exact) mass is 173 g/mol. The Kier molecular flexibility index (Phi) is 3.34. The number of aliphatic hydroxyl groups is 1. The van der Waals surface area contributed by atoms with E-state index in [2.05, 4.69) is 0 Å². The fourth-order valence-electron chi connectivity index (χ4n) is 1.18. The molecule has 1 atom stereocenters. The van der Waals surface area contributed by atoms with Gasteiger partial charge in [0.1, 0.15) is 6.10 Å². The number of rotatable bonds is 2. The average molecular weight is 173 g/mol. The molecule has 4 heteroatoms. The molecule has 1 unspecified atom stereocenters. The van der Waals surface area contributed by atoms with E-state index < -0.39 is 6.10 Å². The third-order valence-corrected chi connectivity index (χ3v) is 1.92. The number of hydrogen-bond acceptors (Lipinski definition) is 3. The molecule has 0 spiro atoms. The fraction of sp³-hybridized carbons (Fsp3) is 0.875. The lowest BCUT2D eigenvalue weighted by atomic mass is 10.4. The third-order valence-electron chi connectivity index (χ3n) is 1.92. The molecule has 1 aliphatic heterocycles. The minimum atomic E-state index is -0.391. The summed E-state index contributed by atoms with van der Waals surface area (Å²) in [7, 11) is 0. The lowest BCUT2D eigenvalue weighted by molar-refractivity contribution is 0.0465. The number of hydrogen-bond donors (Lipinski definition) is 1. The molecule has 1 aliphatic rings. The van der Waals surface area contributed by atoms with Gasteiger partial charge in [-0.2, -0.15) is 0 Å². The first kappa shape index (κ1) is 9.32. The molecule has 12 heavy (non-hydrogen) atoms. The van der Waals surface area contributed by atoms with E-state index >= 15 is 0 Å². The summed E-state index contributed by atoms with van der Waals surface area (Å²) in [4.78, 5) is 12.9. The number of ether oxygens (including phenoxy) is 1. The van der Waals surface area contributed by atoms with Crippen molar-refractivity contribution < 1.29 is 14.6 Å². The van der Waals surface area contributed by atoms with E-state index in [1.807, 2.05) is 0 Å². The summed E-state index contributed by atoms with van der Waals surface area (Å²) in [6.07, 6.45) is 1.43. The van der Waals surface area contributed by atoms with Gasteiger partial charge in [0.25, 0.3) is 0 Å². The maximum absolute atomic E-state index is 11.2. The van der Waals surface area contributed by atoms with Gasteiger partial charge in [0, 0.05) is 13.1 Å². The summed E-state index contributed by atoms with van der Waals surface area (Å²) in [5.41, 5.74) is 0. The summed E-state index contributed by atoms with van der Waals surface area (Å²) in [5.74, 6) is 0. The van der Waals surface area contributed by atoms with E-state index in [0.717, 1.165) is 25.9 Å². The van der Waals surface area contributed by atoms with Crippen LogP contribution in [0.1, 0.15) is 19.8 Å². The Balaban J connectivity index is 2.27. The molecule has 0 aromatic heterocycles. The van der Waals surface area contributed by atoms with E-state index in [1.165, 1.54) is 0 Å². The van der Waals surface area contributed by atoms with E-state index in [-0.39, 0.29) is 12.7 Å². The van der Waals surface area contributed by atoms with Crippen LogP contribution >= 0.6 is 0 Å². The van der Waals surface area contributed by atoms with Gasteiger partial charge in [0.15, 0.2) is 0 Å². The van der Waals surface area contributed by atoms with Crippen molar-refractivity contribution in [2.75, 3.05) is 19.7 Å². The van der Waals surface area contributed by atoms with Crippen LogP contribution in [0.25, 0.3) is 0 Å². The van der Waals surface area contributed by atoms with Gasteiger partial charge in [-0.05, 0) is 19.8 Å². The Bertz CT molecular complexity index is 154. The molecule has 1 rings (SSSR count). The summed E-state index contributed by atoms with van der Waals surface area (Å²) in [5, 5.41) is 8.63. The normalized spacial score (nSPS) is 19.3. The van der Waals surface area contributed by atoms with Gasteiger partial charge >= 0.3 is 6.09 Å². The van der Waals surface area contributed by atoms with Gasteiger partial charge < -0.3 is 14.7 Å². The second-order valence-corrected chi connectivity index (χ2v) is 3.07. The van der Waals surface area contributed by atoms with Crippen LogP contribution in [0.5, 0.6) is 0 Å². The standard InChI is InChI=1S/C8H15NO3/c1-7(6-10)12-8(11)9-4-2-3-5-9/h7,10H,2-6H2,1H3. The van der Waals surface area contributed by atoms with Gasteiger partial charge in [-0.15, -0.1) is 0 Å². The summed E-state index contributed by atoms with van der Waals surface area (Å²) in [6, 6.07) is 0. The van der Waals surface area contributed by atoms with Crippen molar-refractivity contribution >= 4 is 6.09 Å². The van der Waals surface area contributed by atoms with Crippen LogP contribution in [0, 0.1) is 0 Å². The number of amides is 1. The Labute approximate surface area is 72.1 Å². The van der Waals surface area contributed by atoms with Crippen molar-refractivity contribution in [3.63, 3.8) is 0 Å². The van der Waals surface area contributed by atoms with Crippen LogP contribution in [-0.4, -0.2) is 41.9 Å². The summed E-state index contributed by atoms with van der Waals surface area (Å²) >= 11 is 0. The zero-order valence-corrected chi connectivity index (χ0v) is 7.32. The van der Waals surface area contributed by atoms with Gasteiger partial charge in [0.05, 0.1) is 6.61 Å². The zero-order valence-electron chi connectivity index (χ0n) is 7.32. The highest BCUT2D eigenvalue weighted by Crippen LogP contribution is 2.09. The van der Waals surface area contributed by atoms with Crippen molar-refractivity contribution in [3.05, 3.63) is 0 Å². The van der Waals surface area contributed by atoms with Crippen LogP contribution < -0.4 is 0 Å². The smallest absolute Gasteiger partial charge is 0.410 e. The van der Waals surface area contributed by atoms with E-state index in [4.69, 9.17) is 9.84 Å². The highest BCUT2D eigenvalue weighted by atomic mass is 16.6. The molecule has 0 saturated carbocycles. The Morgan fingerprint density at radius 3 is 2.67 bits per heavy atom. The van der Waals surface area contributed by atoms with Crippen LogP contribution in [0.2, 0.25) is 0 Å². The third kappa shape index (κ3) is 2.37. The molecule has 1 amide bonds. The first-order valence-corrected chi connectivity index (χ1v) is 4.30. The minimum absolute atomic E-state index is 0.112. The topological polar surface area (TPSA) is 49.8 Å². The highest BCUT2D eigenvalue weighted by Gasteiger charge is 2.20. The van der Waals surface area contributed by atoms with Crippen molar-refractivity contribution in [1.82, 2.24) is 4.90 Å². The maximum Gasteiger partial charge on any atom is 0.410 e. The zero-order chi connectivity index (χ0) is 8.97. The minimum Gasteiger partial charge on any atom is -0.444 e. The van der Waals surface area contributed by atoms with Gasteiger partial charge in [0.2, 0.25) is 0 Å². The lowest BCUT2D eigenvalue weighted by Crippen LogP contribution is -2.32. The Morgan fingerprint density at radius 2 is 2.17 bits per heavy atom. The second kappa shape index (κ2) is 4.30. The van der Waals surface area contributed by atoms with Crippen molar-refractivity contribution in [3.8, 4) is 0 Å². The van der Waals surface area contributed by atoms with Gasteiger partial charge in [-0.1, -0.05) is 0 Å². The molecule has 0 radical (unpaired) electrons. The maximum atomic E-state index is 11.2. The number of carbonyl (C=O) groups excluding carboxylic acids is 1. The molecule has 1 heterocycles. The molecule has 0 aromatic carbocycles. The number of carbonyl (C=O) groups is 1. The molecule has 4 nitrogen and oxygen atoms in total. The van der Waals surface area contributed by atoms with E-state index in [1.54, 1.807) is 11.8 Å². The average Bonchev–Trinajstić information content (AvgIpc) is 2.56. The van der Waals surface area contributed by atoms with Crippen LogP contribution in [0.3, 0.4) is 0 Å². The molecule has 1 N–H and O–H groups in total. The first-order chi connectivity index (χ1) is 5.74. The number of aliphatic hydroxyl groups excluding tert-OH is 1. The number of nitrogens with zero attached hydrogens (tertiary/aromatic N) is 1. The van der Waals surface area contributed by atoms with Crippen molar-refractivity contribution in [2.24, 2.45) is 0 Å². The van der Waals surface area contributed by atoms with E-state index in [0.29, 0.717) is 0 Å². The van der Waals surface area contributed by atoms with Crippen LogP contribution in [0.4, 0.5) is 4.79 Å².